The van der Waals surface area contributed by atoms with Crippen LogP contribution >= 0.6 is 0 Å². The highest BCUT2D eigenvalue weighted by Crippen LogP contribution is 2.37. The number of fused-ring (bicyclic) bond motifs is 1. The number of halogens is 1. The van der Waals surface area contributed by atoms with E-state index in [0.717, 1.165) is 117 Å². The standard InChI is InChI=1S/C36H46FN7O/c1-5-28-17-33(31-21-40-44-14-6-7-35(31)44)39-19-24(2)30(20-38-28)36(27-8-9-27)42-34-18-29(10-11-32(34)37)41-25(3)22-43-15-12-26(13-16-43)23-45-4/h10-11,17-21,26,28,41-42H,3,5-9,12-16,22-23H2,1-2,4H3/b30-24-,33-17-,38-20?,39-19-. The minimum absolute atomic E-state index is 0.0264. The second kappa shape index (κ2) is 14.1. The first-order chi connectivity index (χ1) is 21.9. The van der Waals surface area contributed by atoms with Crippen molar-refractivity contribution in [3.8, 4) is 0 Å². The lowest BCUT2D eigenvalue weighted by atomic mass is 9.98. The van der Waals surface area contributed by atoms with Gasteiger partial charge >= 0.3 is 0 Å². The monoisotopic (exact) mass is 611 g/mol. The summed E-state index contributed by atoms with van der Waals surface area (Å²) < 4.78 is 22.7. The van der Waals surface area contributed by atoms with E-state index in [9.17, 15) is 0 Å². The van der Waals surface area contributed by atoms with Crippen LogP contribution in [0.25, 0.3) is 5.70 Å². The van der Waals surface area contributed by atoms with E-state index in [1.165, 1.54) is 17.3 Å². The van der Waals surface area contributed by atoms with Gasteiger partial charge in [0.05, 0.1) is 23.6 Å². The van der Waals surface area contributed by atoms with Gasteiger partial charge in [0.15, 0.2) is 0 Å². The first kappa shape index (κ1) is 31.2. The molecule has 1 aromatic carbocycles. The van der Waals surface area contributed by atoms with Gasteiger partial charge in [-0.1, -0.05) is 13.5 Å². The molecule has 45 heavy (non-hydrogen) atoms. The van der Waals surface area contributed by atoms with Crippen molar-refractivity contribution in [2.75, 3.05) is 44.0 Å². The van der Waals surface area contributed by atoms with Crippen LogP contribution in [0.1, 0.15) is 63.6 Å². The molecule has 1 aliphatic carbocycles. The minimum atomic E-state index is -0.303. The Hall–Kier alpha value is -3.82. The maximum absolute atomic E-state index is 15.3. The normalized spacial score (nSPS) is 23.9. The quantitative estimate of drug-likeness (QED) is 0.286. The van der Waals surface area contributed by atoms with E-state index in [4.69, 9.17) is 14.7 Å². The number of ether oxygens (including phenoxy) is 1. The fraction of sp³-hybridized carbons (Fsp3) is 0.472. The molecule has 6 rings (SSSR count). The average Bonchev–Trinajstić information content (AvgIpc) is 3.61. The second-order valence-corrected chi connectivity index (χ2v) is 12.7. The van der Waals surface area contributed by atoms with E-state index >= 15 is 4.39 Å². The molecular weight excluding hydrogens is 565 g/mol. The molecule has 0 amide bonds. The van der Waals surface area contributed by atoms with Gasteiger partial charge in [-0.05, 0) is 106 Å². The Kier molecular flexibility index (Phi) is 9.76. The van der Waals surface area contributed by atoms with Gasteiger partial charge in [-0.15, -0.1) is 0 Å². The zero-order chi connectivity index (χ0) is 31.3. The maximum atomic E-state index is 15.3. The molecule has 4 aliphatic rings. The topological polar surface area (TPSA) is 79.1 Å². The zero-order valence-corrected chi connectivity index (χ0v) is 26.9. The van der Waals surface area contributed by atoms with E-state index < -0.39 is 0 Å². The molecule has 0 bridgehead atoms. The fourth-order valence-corrected chi connectivity index (χ4v) is 6.45. The molecule has 0 radical (unpaired) electrons. The predicted octanol–water partition coefficient (Wildman–Crippen LogP) is 7.00. The molecule has 2 aromatic rings. The number of piperidine rings is 1. The van der Waals surface area contributed by atoms with Crippen molar-refractivity contribution in [1.82, 2.24) is 14.7 Å². The Bertz CT molecular complexity index is 1570. The number of allylic oxidation sites excluding steroid dienone is 3. The molecule has 8 nitrogen and oxygen atoms in total. The lowest BCUT2D eigenvalue weighted by Gasteiger charge is -2.32. The zero-order valence-electron chi connectivity index (χ0n) is 26.9. The van der Waals surface area contributed by atoms with Crippen LogP contribution in [0.5, 0.6) is 0 Å². The predicted molar refractivity (Wildman–Crippen MR) is 182 cm³/mol. The third-order valence-corrected chi connectivity index (χ3v) is 9.19. The Balaban J connectivity index is 1.19. The van der Waals surface area contributed by atoms with Gasteiger partial charge < -0.3 is 15.4 Å². The van der Waals surface area contributed by atoms with Crippen LogP contribution in [-0.2, 0) is 17.7 Å². The Morgan fingerprint density at radius 3 is 2.69 bits per heavy atom. The summed E-state index contributed by atoms with van der Waals surface area (Å²) in [4.78, 5) is 12.4. The molecule has 2 fully saturated rings. The minimum Gasteiger partial charge on any atom is -0.384 e. The number of methoxy groups -OCH3 is 1. The summed E-state index contributed by atoms with van der Waals surface area (Å²) in [5.41, 5.74) is 9.49. The Morgan fingerprint density at radius 1 is 1.11 bits per heavy atom. The number of aromatic nitrogens is 2. The van der Waals surface area contributed by atoms with Crippen molar-refractivity contribution in [2.45, 2.75) is 71.4 Å². The molecular formula is C36H46FN7O. The van der Waals surface area contributed by atoms with Crippen molar-refractivity contribution >= 4 is 29.5 Å². The van der Waals surface area contributed by atoms with Crippen molar-refractivity contribution < 1.29 is 9.13 Å². The molecule has 1 unspecified atom stereocenters. The molecule has 4 heterocycles. The summed E-state index contributed by atoms with van der Waals surface area (Å²) in [6, 6.07) is 5.09. The number of nitrogens with zero attached hydrogens (tertiary/aromatic N) is 5. The Labute approximate surface area is 266 Å². The summed E-state index contributed by atoms with van der Waals surface area (Å²) in [5, 5.41) is 11.5. The maximum Gasteiger partial charge on any atom is 0.146 e. The smallest absolute Gasteiger partial charge is 0.146 e. The summed E-state index contributed by atoms with van der Waals surface area (Å²) in [6.07, 6.45) is 15.2. The molecule has 0 spiro atoms. The lowest BCUT2D eigenvalue weighted by Crippen LogP contribution is -2.36. The van der Waals surface area contributed by atoms with E-state index in [-0.39, 0.29) is 11.9 Å². The number of nitrogens with one attached hydrogen (secondary N) is 2. The van der Waals surface area contributed by atoms with Crippen LogP contribution in [0.4, 0.5) is 15.8 Å². The van der Waals surface area contributed by atoms with Crippen molar-refractivity contribution in [3.05, 3.63) is 82.2 Å². The highest BCUT2D eigenvalue weighted by molar-refractivity contribution is 5.98. The van der Waals surface area contributed by atoms with Gasteiger partial charge in [-0.3, -0.25) is 19.6 Å². The van der Waals surface area contributed by atoms with Crippen LogP contribution in [0.3, 0.4) is 0 Å². The van der Waals surface area contributed by atoms with Crippen LogP contribution in [0, 0.1) is 11.7 Å². The second-order valence-electron chi connectivity index (χ2n) is 12.7. The Morgan fingerprint density at radius 2 is 1.93 bits per heavy atom. The van der Waals surface area contributed by atoms with Gasteiger partial charge in [0.1, 0.15) is 5.82 Å². The molecule has 2 N–H and O–H groups in total. The summed E-state index contributed by atoms with van der Waals surface area (Å²) in [5.74, 6) is 0.330. The number of aliphatic imine (C=N–C) groups is 2. The van der Waals surface area contributed by atoms with Crippen LogP contribution in [-0.4, -0.2) is 66.5 Å². The molecule has 1 atom stereocenters. The third-order valence-electron chi connectivity index (χ3n) is 9.19. The number of rotatable bonds is 11. The number of anilines is 2. The molecule has 1 saturated heterocycles. The van der Waals surface area contributed by atoms with Gasteiger partial charge in [-0.2, -0.15) is 5.10 Å². The number of benzene rings is 1. The molecule has 9 heteroatoms. The van der Waals surface area contributed by atoms with Crippen LogP contribution in [0.2, 0.25) is 0 Å². The molecule has 1 aromatic heterocycles. The number of hydrogen-bond acceptors (Lipinski definition) is 7. The first-order valence-electron chi connectivity index (χ1n) is 16.4. The van der Waals surface area contributed by atoms with E-state index in [0.29, 0.717) is 11.6 Å². The average molecular weight is 612 g/mol. The van der Waals surface area contributed by atoms with E-state index in [1.54, 1.807) is 13.2 Å². The molecule has 238 valence electrons. The van der Waals surface area contributed by atoms with Crippen molar-refractivity contribution in [2.24, 2.45) is 15.9 Å². The van der Waals surface area contributed by atoms with Gasteiger partial charge in [0, 0.05) is 73.1 Å². The number of aryl methyl sites for hydroxylation is 1. The van der Waals surface area contributed by atoms with Gasteiger partial charge in [0.2, 0.25) is 0 Å². The molecule has 3 aliphatic heterocycles. The fourth-order valence-electron chi connectivity index (χ4n) is 6.45. The SMILES string of the molecule is C=C(CN1CCC(COC)CC1)Nc1ccc(F)c(NC(=C2CC2)\C2=C(C)/C=N\C(c3cnn4c3CCC4)=C/C(CC)N=C2)c1. The summed E-state index contributed by atoms with van der Waals surface area (Å²) in [6.45, 7) is 13.1. The van der Waals surface area contributed by atoms with Crippen LogP contribution in [0.15, 0.2) is 75.1 Å². The number of hydrogen-bond donors (Lipinski definition) is 2. The highest BCUT2D eigenvalue weighted by Gasteiger charge is 2.24. The van der Waals surface area contributed by atoms with Gasteiger partial charge in [-0.25, -0.2) is 4.39 Å². The van der Waals surface area contributed by atoms with E-state index in [1.807, 2.05) is 24.7 Å². The number of likely N-dealkylation sites (tertiary alicyclic amines) is 1. The van der Waals surface area contributed by atoms with Crippen LogP contribution < -0.4 is 10.6 Å². The van der Waals surface area contributed by atoms with Gasteiger partial charge in [0.25, 0.3) is 0 Å². The first-order valence-corrected chi connectivity index (χ1v) is 16.4. The summed E-state index contributed by atoms with van der Waals surface area (Å²) in [7, 11) is 1.77. The van der Waals surface area contributed by atoms with Crippen molar-refractivity contribution in [3.63, 3.8) is 0 Å². The highest BCUT2D eigenvalue weighted by atomic mass is 19.1. The largest absolute Gasteiger partial charge is 0.384 e. The third kappa shape index (κ3) is 7.53. The van der Waals surface area contributed by atoms with E-state index in [2.05, 4.69) is 51.8 Å². The lowest BCUT2D eigenvalue weighted by molar-refractivity contribution is 0.103. The van der Waals surface area contributed by atoms with Crippen molar-refractivity contribution in [1.29, 1.82) is 0 Å². The summed E-state index contributed by atoms with van der Waals surface area (Å²) >= 11 is 0. The molecule has 1 saturated carbocycles.